The number of carbonyl (C=O) groups is 2. The van der Waals surface area contributed by atoms with Gasteiger partial charge in [0.2, 0.25) is 11.8 Å². The summed E-state index contributed by atoms with van der Waals surface area (Å²) in [6.45, 7) is 8.90. The van der Waals surface area contributed by atoms with Crippen molar-refractivity contribution in [2.75, 3.05) is 25.1 Å². The van der Waals surface area contributed by atoms with E-state index in [9.17, 15) is 18.0 Å². The van der Waals surface area contributed by atoms with Crippen LogP contribution in [0.2, 0.25) is 0 Å². The van der Waals surface area contributed by atoms with Crippen LogP contribution < -0.4 is 19.1 Å². The maximum Gasteiger partial charge on any atom is 0.264 e. The number of amides is 2. The average molecular weight is 672 g/mol. The van der Waals surface area contributed by atoms with Gasteiger partial charge in [-0.15, -0.1) is 0 Å². The number of anilines is 1. The van der Waals surface area contributed by atoms with Crippen LogP contribution in [-0.4, -0.2) is 57.5 Å². The molecule has 48 heavy (non-hydrogen) atoms. The largest absolute Gasteiger partial charge is 0.497 e. The molecule has 1 atom stereocenters. The summed E-state index contributed by atoms with van der Waals surface area (Å²) in [5, 5.41) is 3.05. The molecule has 254 valence electrons. The van der Waals surface area contributed by atoms with E-state index in [1.165, 1.54) is 37.3 Å². The van der Waals surface area contributed by atoms with Gasteiger partial charge < -0.3 is 19.7 Å². The molecule has 0 saturated carbocycles. The molecule has 0 saturated heterocycles. The Kier molecular flexibility index (Phi) is 11.5. The van der Waals surface area contributed by atoms with E-state index in [-0.39, 0.29) is 35.2 Å². The Balaban J connectivity index is 1.89. The van der Waals surface area contributed by atoms with Gasteiger partial charge in [-0.3, -0.25) is 13.9 Å². The SMILES string of the molecule is COc1ccc(OC)c(N(CC(=O)N(Cc2ccccc2C)C(Cc2ccccc2)C(=O)NC(C)(C)C)S(=O)(=O)c2ccc(C)cc2)c1. The molecule has 0 fully saturated rings. The highest BCUT2D eigenvalue weighted by Crippen LogP contribution is 2.36. The zero-order valence-electron chi connectivity index (χ0n) is 28.7. The molecule has 0 bridgehead atoms. The smallest absolute Gasteiger partial charge is 0.264 e. The average Bonchev–Trinajstić information content (AvgIpc) is 3.05. The Morgan fingerprint density at radius 3 is 2.08 bits per heavy atom. The second-order valence-electron chi connectivity index (χ2n) is 12.8. The summed E-state index contributed by atoms with van der Waals surface area (Å²) in [6, 6.07) is 27.3. The van der Waals surface area contributed by atoms with Crippen molar-refractivity contribution in [3.63, 3.8) is 0 Å². The fourth-order valence-corrected chi connectivity index (χ4v) is 6.74. The molecule has 0 spiro atoms. The predicted molar refractivity (Wildman–Crippen MR) is 189 cm³/mol. The first kappa shape index (κ1) is 36.0. The maximum absolute atomic E-state index is 14.8. The van der Waals surface area contributed by atoms with Crippen molar-refractivity contribution in [2.24, 2.45) is 0 Å². The highest BCUT2D eigenvalue weighted by atomic mass is 32.2. The lowest BCUT2D eigenvalue weighted by atomic mass is 10.00. The van der Waals surface area contributed by atoms with Gasteiger partial charge in [0.25, 0.3) is 10.0 Å². The molecule has 4 aromatic carbocycles. The van der Waals surface area contributed by atoms with Crippen LogP contribution in [0, 0.1) is 13.8 Å². The summed E-state index contributed by atoms with van der Waals surface area (Å²) in [4.78, 5) is 30.4. The quantitative estimate of drug-likeness (QED) is 0.185. The molecule has 0 radical (unpaired) electrons. The number of nitrogens with one attached hydrogen (secondary N) is 1. The number of sulfonamides is 1. The molecule has 1 N–H and O–H groups in total. The summed E-state index contributed by atoms with van der Waals surface area (Å²) in [7, 11) is -1.42. The standard InChI is InChI=1S/C38H45N3O6S/c1-27-17-20-32(21-18-27)48(44,45)41(33-24-31(46-6)19-22-35(33)47-7)26-36(42)40(25-30-16-12-11-13-28(30)2)34(37(43)39-38(3,4)5)23-29-14-9-8-10-15-29/h8-22,24,34H,23,25-26H2,1-7H3,(H,39,43). The Bertz CT molecular complexity index is 1820. The minimum atomic E-state index is -4.32. The van der Waals surface area contributed by atoms with Gasteiger partial charge in [0.05, 0.1) is 24.8 Å². The van der Waals surface area contributed by atoms with E-state index < -0.39 is 34.1 Å². The molecule has 1 unspecified atom stereocenters. The Morgan fingerprint density at radius 1 is 0.833 bits per heavy atom. The first-order chi connectivity index (χ1) is 22.7. The third-order valence-electron chi connectivity index (χ3n) is 7.91. The zero-order valence-corrected chi connectivity index (χ0v) is 29.5. The van der Waals surface area contributed by atoms with E-state index in [2.05, 4.69) is 5.32 Å². The molecule has 4 aromatic rings. The van der Waals surface area contributed by atoms with Crippen LogP contribution in [-0.2, 0) is 32.6 Å². The van der Waals surface area contributed by atoms with Gasteiger partial charge in [-0.2, -0.15) is 0 Å². The van der Waals surface area contributed by atoms with Gasteiger partial charge in [0.15, 0.2) is 0 Å². The van der Waals surface area contributed by atoms with Crippen LogP contribution in [0.5, 0.6) is 11.5 Å². The Labute approximate surface area is 284 Å². The van der Waals surface area contributed by atoms with Crippen molar-refractivity contribution < 1.29 is 27.5 Å². The molecule has 2 amide bonds. The van der Waals surface area contributed by atoms with Gasteiger partial charge in [0.1, 0.15) is 24.1 Å². The summed E-state index contributed by atoms with van der Waals surface area (Å²) >= 11 is 0. The number of hydrogen-bond acceptors (Lipinski definition) is 6. The van der Waals surface area contributed by atoms with Crippen molar-refractivity contribution >= 4 is 27.5 Å². The molecular weight excluding hydrogens is 627 g/mol. The van der Waals surface area contributed by atoms with Crippen LogP contribution in [0.15, 0.2) is 102 Å². The summed E-state index contributed by atoms with van der Waals surface area (Å²) < 4.78 is 41.0. The second-order valence-corrected chi connectivity index (χ2v) is 14.6. The van der Waals surface area contributed by atoms with E-state index >= 15 is 0 Å². The number of methoxy groups -OCH3 is 2. The monoisotopic (exact) mass is 671 g/mol. The zero-order chi connectivity index (χ0) is 35.1. The number of aryl methyl sites for hydroxylation is 2. The lowest BCUT2D eigenvalue weighted by Crippen LogP contribution is -2.56. The van der Waals surface area contributed by atoms with Gasteiger partial charge in [0, 0.05) is 24.6 Å². The molecule has 9 nitrogen and oxygen atoms in total. The normalized spacial score (nSPS) is 12.1. The van der Waals surface area contributed by atoms with E-state index in [0.717, 1.165) is 26.6 Å². The van der Waals surface area contributed by atoms with Gasteiger partial charge in [-0.1, -0.05) is 72.3 Å². The summed E-state index contributed by atoms with van der Waals surface area (Å²) in [6.07, 6.45) is 0.216. The third kappa shape index (κ3) is 8.95. The van der Waals surface area contributed by atoms with Crippen molar-refractivity contribution in [1.82, 2.24) is 10.2 Å². The van der Waals surface area contributed by atoms with Crippen LogP contribution in [0.1, 0.15) is 43.0 Å². The van der Waals surface area contributed by atoms with E-state index in [4.69, 9.17) is 9.47 Å². The molecular formula is C38H45N3O6S. The molecule has 0 aliphatic carbocycles. The summed E-state index contributed by atoms with van der Waals surface area (Å²) in [5.74, 6) is -0.300. The second kappa shape index (κ2) is 15.4. The van der Waals surface area contributed by atoms with Crippen LogP contribution >= 0.6 is 0 Å². The third-order valence-corrected chi connectivity index (χ3v) is 9.69. The number of ether oxygens (including phenoxy) is 2. The highest BCUT2D eigenvalue weighted by molar-refractivity contribution is 7.92. The molecule has 0 heterocycles. The van der Waals surface area contributed by atoms with E-state index in [1.807, 2.05) is 89.2 Å². The van der Waals surface area contributed by atoms with Gasteiger partial charge in [-0.25, -0.2) is 8.42 Å². The van der Waals surface area contributed by atoms with E-state index in [1.54, 1.807) is 24.3 Å². The number of nitrogens with zero attached hydrogens (tertiary/aromatic N) is 2. The highest BCUT2D eigenvalue weighted by Gasteiger charge is 2.36. The van der Waals surface area contributed by atoms with Crippen LogP contribution in [0.4, 0.5) is 5.69 Å². The van der Waals surface area contributed by atoms with Gasteiger partial charge >= 0.3 is 0 Å². The minimum Gasteiger partial charge on any atom is -0.497 e. The van der Waals surface area contributed by atoms with Crippen LogP contribution in [0.25, 0.3) is 0 Å². The number of rotatable bonds is 13. The van der Waals surface area contributed by atoms with Crippen molar-refractivity contribution in [2.45, 2.75) is 64.1 Å². The summed E-state index contributed by atoms with van der Waals surface area (Å²) in [5.41, 5.74) is 3.04. The van der Waals surface area contributed by atoms with Crippen LogP contribution in [0.3, 0.4) is 0 Å². The molecule has 0 aromatic heterocycles. The molecule has 10 heteroatoms. The molecule has 4 rings (SSSR count). The first-order valence-corrected chi connectivity index (χ1v) is 17.2. The lowest BCUT2D eigenvalue weighted by Gasteiger charge is -2.35. The molecule has 0 aliphatic rings. The van der Waals surface area contributed by atoms with Gasteiger partial charge in [-0.05, 0) is 75.6 Å². The van der Waals surface area contributed by atoms with Crippen molar-refractivity contribution in [3.05, 3.63) is 119 Å². The van der Waals surface area contributed by atoms with Crippen molar-refractivity contribution in [3.8, 4) is 11.5 Å². The number of hydrogen-bond donors (Lipinski definition) is 1. The Morgan fingerprint density at radius 2 is 1.48 bits per heavy atom. The van der Waals surface area contributed by atoms with E-state index in [0.29, 0.717) is 5.75 Å². The lowest BCUT2D eigenvalue weighted by molar-refractivity contribution is -0.140. The maximum atomic E-state index is 14.8. The first-order valence-electron chi connectivity index (χ1n) is 15.7. The predicted octanol–water partition coefficient (Wildman–Crippen LogP) is 6.07. The number of benzene rings is 4. The Hall–Kier alpha value is -4.83. The molecule has 0 aliphatic heterocycles. The van der Waals surface area contributed by atoms with Crippen molar-refractivity contribution in [1.29, 1.82) is 0 Å². The topological polar surface area (TPSA) is 105 Å². The fraction of sp³-hybridized carbons (Fsp3) is 0.316. The fourth-order valence-electron chi connectivity index (χ4n) is 5.32. The minimum absolute atomic E-state index is 0.00235. The number of carbonyl (C=O) groups excluding carboxylic acids is 2.